The molecule has 1 aromatic heterocycles. The molecule has 0 aliphatic carbocycles. The second-order valence-electron chi connectivity index (χ2n) is 5.93. The highest BCUT2D eigenvalue weighted by Crippen LogP contribution is 2.21. The molecule has 0 aliphatic rings. The topological polar surface area (TPSA) is 46.3 Å². The molecule has 1 amide bonds. The smallest absolute Gasteiger partial charge is 0.254 e. The molecule has 134 valence electrons. The second kappa shape index (κ2) is 7.91. The molecule has 0 saturated carbocycles. The summed E-state index contributed by atoms with van der Waals surface area (Å²) >= 11 is 0. The quantitative estimate of drug-likeness (QED) is 0.645. The van der Waals surface area contributed by atoms with Gasteiger partial charge in [0.05, 0.1) is 6.54 Å². The van der Waals surface area contributed by atoms with E-state index in [-0.39, 0.29) is 18.3 Å². The van der Waals surface area contributed by atoms with Crippen LogP contribution < -0.4 is 0 Å². The Morgan fingerprint density at radius 3 is 2.54 bits per heavy atom. The van der Waals surface area contributed by atoms with Crippen LogP contribution in [-0.2, 0) is 6.54 Å². The van der Waals surface area contributed by atoms with Crippen molar-refractivity contribution in [3.63, 3.8) is 0 Å². The lowest BCUT2D eigenvalue weighted by atomic mass is 10.1. The van der Waals surface area contributed by atoms with Gasteiger partial charge >= 0.3 is 0 Å². The number of hydrogen-bond acceptors (Lipinski definition) is 3. The van der Waals surface area contributed by atoms with Crippen molar-refractivity contribution in [1.82, 2.24) is 10.1 Å². The number of rotatable bonds is 6. The van der Waals surface area contributed by atoms with E-state index in [0.717, 1.165) is 6.42 Å². The van der Waals surface area contributed by atoms with Gasteiger partial charge in [-0.1, -0.05) is 18.1 Å². The van der Waals surface area contributed by atoms with Crippen LogP contribution in [0.4, 0.5) is 8.78 Å². The number of amides is 1. The molecule has 4 nitrogen and oxygen atoms in total. The molecule has 0 radical (unpaired) electrons. The monoisotopic (exact) mass is 356 g/mol. The Bertz CT molecular complexity index is 891. The van der Waals surface area contributed by atoms with Crippen molar-refractivity contribution < 1.29 is 18.1 Å². The second-order valence-corrected chi connectivity index (χ2v) is 5.93. The van der Waals surface area contributed by atoms with Crippen LogP contribution in [-0.4, -0.2) is 22.5 Å². The van der Waals surface area contributed by atoms with Gasteiger partial charge in [-0.15, -0.1) is 0 Å². The van der Waals surface area contributed by atoms with Gasteiger partial charge in [0, 0.05) is 23.7 Å². The van der Waals surface area contributed by atoms with Gasteiger partial charge in [-0.3, -0.25) is 4.79 Å². The molecule has 0 fully saturated rings. The normalized spacial score (nSPS) is 10.7. The summed E-state index contributed by atoms with van der Waals surface area (Å²) in [5.74, 6) is -0.553. The molecule has 0 aliphatic heterocycles. The van der Waals surface area contributed by atoms with E-state index in [4.69, 9.17) is 4.52 Å². The van der Waals surface area contributed by atoms with Crippen molar-refractivity contribution in [3.8, 4) is 11.3 Å². The van der Waals surface area contributed by atoms with E-state index >= 15 is 0 Å². The summed E-state index contributed by atoms with van der Waals surface area (Å²) in [5, 5.41) is 3.99. The van der Waals surface area contributed by atoms with E-state index in [0.29, 0.717) is 29.1 Å². The molecule has 0 N–H and O–H groups in total. The van der Waals surface area contributed by atoms with Crippen LogP contribution in [0.5, 0.6) is 0 Å². The van der Waals surface area contributed by atoms with E-state index in [1.165, 1.54) is 30.3 Å². The first-order chi connectivity index (χ1) is 12.6. The van der Waals surface area contributed by atoms with Crippen molar-refractivity contribution in [2.24, 2.45) is 0 Å². The Labute approximate surface area is 150 Å². The van der Waals surface area contributed by atoms with E-state index < -0.39 is 5.82 Å². The maximum atomic E-state index is 13.4. The molecule has 3 rings (SSSR count). The van der Waals surface area contributed by atoms with Gasteiger partial charge in [0.2, 0.25) is 0 Å². The van der Waals surface area contributed by atoms with Crippen LogP contribution in [0.25, 0.3) is 11.3 Å². The largest absolute Gasteiger partial charge is 0.356 e. The van der Waals surface area contributed by atoms with Gasteiger partial charge in [0.1, 0.15) is 17.3 Å². The molecule has 0 atom stereocenters. The van der Waals surface area contributed by atoms with Crippen molar-refractivity contribution in [3.05, 3.63) is 77.5 Å². The van der Waals surface area contributed by atoms with Gasteiger partial charge in [-0.25, -0.2) is 8.78 Å². The number of nitrogens with zero attached hydrogens (tertiary/aromatic N) is 2. The Morgan fingerprint density at radius 2 is 1.85 bits per heavy atom. The van der Waals surface area contributed by atoms with Gasteiger partial charge in [-0.05, 0) is 48.9 Å². The molecule has 3 aromatic rings. The minimum atomic E-state index is -0.452. The Kier molecular flexibility index (Phi) is 5.41. The molecular weight excluding hydrogens is 338 g/mol. The number of halogens is 2. The minimum Gasteiger partial charge on any atom is -0.356 e. The highest BCUT2D eigenvalue weighted by Gasteiger charge is 2.18. The van der Waals surface area contributed by atoms with Crippen molar-refractivity contribution in [2.45, 2.75) is 19.9 Å². The summed E-state index contributed by atoms with van der Waals surface area (Å²) in [4.78, 5) is 14.3. The van der Waals surface area contributed by atoms with E-state index in [9.17, 15) is 13.6 Å². The van der Waals surface area contributed by atoms with E-state index in [1.54, 1.807) is 29.2 Å². The zero-order valence-electron chi connectivity index (χ0n) is 14.3. The van der Waals surface area contributed by atoms with Crippen molar-refractivity contribution >= 4 is 5.91 Å². The predicted octanol–water partition coefficient (Wildman–Crippen LogP) is 4.67. The molecule has 6 heteroatoms. The average Bonchev–Trinajstić information content (AvgIpc) is 3.10. The third-order valence-electron chi connectivity index (χ3n) is 3.89. The van der Waals surface area contributed by atoms with Crippen LogP contribution in [0.15, 0.2) is 59.1 Å². The number of carbonyl (C=O) groups is 1. The molecule has 0 spiro atoms. The summed E-state index contributed by atoms with van der Waals surface area (Å²) in [7, 11) is 0. The van der Waals surface area contributed by atoms with Gasteiger partial charge in [0.25, 0.3) is 5.91 Å². The number of aromatic nitrogens is 1. The fourth-order valence-electron chi connectivity index (χ4n) is 2.66. The maximum absolute atomic E-state index is 13.4. The van der Waals surface area contributed by atoms with Gasteiger partial charge < -0.3 is 9.42 Å². The Hall–Kier alpha value is -3.02. The number of benzene rings is 2. The number of carbonyl (C=O) groups excluding carboxylic acids is 1. The summed E-state index contributed by atoms with van der Waals surface area (Å²) in [6.07, 6.45) is 0.754. The first-order valence-corrected chi connectivity index (χ1v) is 8.33. The Morgan fingerprint density at radius 1 is 1.08 bits per heavy atom. The van der Waals surface area contributed by atoms with Crippen molar-refractivity contribution in [1.29, 1.82) is 0 Å². The van der Waals surface area contributed by atoms with Crippen LogP contribution in [0, 0.1) is 11.6 Å². The number of hydrogen-bond donors (Lipinski definition) is 0. The molecule has 26 heavy (non-hydrogen) atoms. The minimum absolute atomic E-state index is 0.244. The van der Waals surface area contributed by atoms with Crippen LogP contribution in [0.1, 0.15) is 29.4 Å². The molecule has 1 heterocycles. The fraction of sp³-hybridized carbons (Fsp3) is 0.200. The lowest BCUT2D eigenvalue weighted by molar-refractivity contribution is 0.0739. The standard InChI is InChI=1S/C20H18F2N2O2/c1-2-10-24(20(25)15-4-3-5-17(22)11-15)13-18-12-19(26-23-18)14-6-8-16(21)9-7-14/h3-9,11-12H,2,10,13H2,1H3. The Balaban J connectivity index is 1.78. The SMILES string of the molecule is CCCN(Cc1cc(-c2ccc(F)cc2)on1)C(=O)c1cccc(F)c1. The molecule has 2 aromatic carbocycles. The third-order valence-corrected chi connectivity index (χ3v) is 3.89. The molecular formula is C20H18F2N2O2. The first-order valence-electron chi connectivity index (χ1n) is 8.33. The average molecular weight is 356 g/mol. The van der Waals surface area contributed by atoms with Crippen LogP contribution in [0.3, 0.4) is 0 Å². The van der Waals surface area contributed by atoms with Crippen LogP contribution in [0.2, 0.25) is 0 Å². The lowest BCUT2D eigenvalue weighted by Gasteiger charge is -2.21. The predicted molar refractivity (Wildman–Crippen MR) is 93.3 cm³/mol. The fourth-order valence-corrected chi connectivity index (χ4v) is 2.66. The highest BCUT2D eigenvalue weighted by molar-refractivity contribution is 5.94. The zero-order valence-corrected chi connectivity index (χ0v) is 14.3. The molecule has 0 saturated heterocycles. The summed E-state index contributed by atoms with van der Waals surface area (Å²) < 4.78 is 31.7. The molecule has 0 bridgehead atoms. The van der Waals surface area contributed by atoms with Gasteiger partial charge in [-0.2, -0.15) is 0 Å². The highest BCUT2D eigenvalue weighted by atomic mass is 19.1. The zero-order chi connectivity index (χ0) is 18.5. The van der Waals surface area contributed by atoms with E-state index in [2.05, 4.69) is 5.16 Å². The first kappa shape index (κ1) is 17.8. The summed E-state index contributed by atoms with van der Waals surface area (Å²) in [6.45, 7) is 2.71. The van der Waals surface area contributed by atoms with Crippen molar-refractivity contribution in [2.75, 3.05) is 6.54 Å². The third kappa shape index (κ3) is 4.14. The summed E-state index contributed by atoms with van der Waals surface area (Å²) in [5.41, 5.74) is 1.56. The van der Waals surface area contributed by atoms with E-state index in [1.807, 2.05) is 6.92 Å². The van der Waals surface area contributed by atoms with Gasteiger partial charge in [0.15, 0.2) is 5.76 Å². The maximum Gasteiger partial charge on any atom is 0.254 e. The molecule has 0 unspecified atom stereocenters. The lowest BCUT2D eigenvalue weighted by Crippen LogP contribution is -2.31. The summed E-state index contributed by atoms with van der Waals surface area (Å²) in [6, 6.07) is 13.2. The van der Waals surface area contributed by atoms with Crippen LogP contribution >= 0.6 is 0 Å².